The molecule has 2 aromatic carbocycles. The molecule has 24 heavy (non-hydrogen) atoms. The van der Waals surface area contributed by atoms with Crippen LogP contribution in [0.25, 0.3) is 0 Å². The van der Waals surface area contributed by atoms with E-state index >= 15 is 0 Å². The molecule has 0 saturated carbocycles. The first-order valence-corrected chi connectivity index (χ1v) is 8.98. The van der Waals surface area contributed by atoms with Crippen LogP contribution in [0.15, 0.2) is 47.4 Å². The fourth-order valence-corrected chi connectivity index (χ4v) is 3.34. The van der Waals surface area contributed by atoms with Gasteiger partial charge in [0.25, 0.3) is 10.0 Å². The van der Waals surface area contributed by atoms with E-state index in [4.69, 9.17) is 23.1 Å². The van der Waals surface area contributed by atoms with Crippen LogP contribution in [0.2, 0.25) is 5.02 Å². The van der Waals surface area contributed by atoms with Gasteiger partial charge >= 0.3 is 0 Å². The van der Waals surface area contributed by atoms with Gasteiger partial charge in [-0.15, -0.1) is 0 Å². The van der Waals surface area contributed by atoms with Crippen LogP contribution in [-0.4, -0.2) is 20.4 Å². The normalized spacial score (nSPS) is 12.6. The van der Waals surface area contributed by atoms with Crippen LogP contribution >= 0.6 is 11.6 Å². The molecule has 1 amide bonds. The summed E-state index contributed by atoms with van der Waals surface area (Å²) < 4.78 is 27.5. The van der Waals surface area contributed by atoms with Gasteiger partial charge in [0, 0.05) is 10.7 Å². The van der Waals surface area contributed by atoms with Crippen LogP contribution in [0.1, 0.15) is 11.1 Å². The summed E-state index contributed by atoms with van der Waals surface area (Å²) in [6.45, 7) is 1.81. The Morgan fingerprint density at radius 3 is 2.42 bits per heavy atom. The number of benzene rings is 2. The lowest BCUT2D eigenvalue weighted by atomic mass is 10.0. The topological polar surface area (TPSA) is 115 Å². The molecule has 0 aliphatic rings. The van der Waals surface area contributed by atoms with Gasteiger partial charge in [-0.3, -0.25) is 9.52 Å². The van der Waals surface area contributed by atoms with Crippen molar-refractivity contribution in [1.29, 1.82) is 0 Å². The molecule has 0 aromatic heterocycles. The third kappa shape index (κ3) is 4.47. The smallest absolute Gasteiger partial charge is 0.261 e. The van der Waals surface area contributed by atoms with Gasteiger partial charge in [-0.1, -0.05) is 17.7 Å². The summed E-state index contributed by atoms with van der Waals surface area (Å²) in [7, 11) is -3.77. The molecule has 1 atom stereocenters. The molecule has 0 aliphatic heterocycles. The molecule has 0 aliphatic carbocycles. The van der Waals surface area contributed by atoms with Crippen molar-refractivity contribution in [2.45, 2.75) is 24.3 Å². The van der Waals surface area contributed by atoms with Crippen molar-refractivity contribution in [3.63, 3.8) is 0 Å². The molecule has 8 heteroatoms. The molecule has 2 rings (SSSR count). The van der Waals surface area contributed by atoms with Gasteiger partial charge in [0.05, 0.1) is 10.9 Å². The number of carbonyl (C=O) groups excluding carboxylic acids is 1. The molecule has 0 unspecified atom stereocenters. The lowest BCUT2D eigenvalue weighted by molar-refractivity contribution is -0.119. The number of carbonyl (C=O) groups is 1. The van der Waals surface area contributed by atoms with E-state index in [0.29, 0.717) is 16.3 Å². The van der Waals surface area contributed by atoms with E-state index in [2.05, 4.69) is 4.72 Å². The molecular formula is C16H18ClN3O3S. The van der Waals surface area contributed by atoms with Crippen LogP contribution in [0.5, 0.6) is 0 Å². The highest BCUT2D eigenvalue weighted by Crippen LogP contribution is 2.21. The van der Waals surface area contributed by atoms with Crippen LogP contribution in [0, 0.1) is 6.92 Å². The second-order valence-corrected chi connectivity index (χ2v) is 7.53. The fraction of sp³-hybridized carbons (Fsp3) is 0.188. The van der Waals surface area contributed by atoms with E-state index < -0.39 is 22.0 Å². The number of rotatable bonds is 6. The Hall–Kier alpha value is -2.09. The molecule has 128 valence electrons. The summed E-state index contributed by atoms with van der Waals surface area (Å²) in [5.74, 6) is -0.637. The highest BCUT2D eigenvalue weighted by Gasteiger charge is 2.18. The number of halogens is 1. The molecule has 0 bridgehead atoms. The van der Waals surface area contributed by atoms with Gasteiger partial charge in [-0.2, -0.15) is 0 Å². The standard InChI is InChI=1S/C16H18ClN3O3S/c1-10-2-7-14(8-11(10)9-15(18)16(19)21)24(22,23)20-13-5-3-12(17)4-6-13/h2-8,15,20H,9,18H2,1H3,(H2,19,21)/t15-/m0/s1. The monoisotopic (exact) mass is 367 g/mol. The SMILES string of the molecule is Cc1ccc(S(=O)(=O)Nc2ccc(Cl)cc2)cc1C[C@H](N)C(N)=O. The number of amides is 1. The Kier molecular flexibility index (Phi) is 5.48. The number of anilines is 1. The van der Waals surface area contributed by atoms with Crippen LogP contribution in [-0.2, 0) is 21.2 Å². The van der Waals surface area contributed by atoms with Crippen molar-refractivity contribution in [3.8, 4) is 0 Å². The van der Waals surface area contributed by atoms with Crippen LogP contribution in [0.4, 0.5) is 5.69 Å². The number of aryl methyl sites for hydroxylation is 1. The van der Waals surface area contributed by atoms with E-state index in [1.54, 1.807) is 30.3 Å². The second-order valence-electron chi connectivity index (χ2n) is 5.41. The van der Waals surface area contributed by atoms with Crippen molar-refractivity contribution in [1.82, 2.24) is 0 Å². The first-order chi connectivity index (χ1) is 11.2. The van der Waals surface area contributed by atoms with Crippen molar-refractivity contribution in [2.75, 3.05) is 4.72 Å². The van der Waals surface area contributed by atoms with Gasteiger partial charge in [-0.05, 0) is 60.9 Å². The van der Waals surface area contributed by atoms with Crippen molar-refractivity contribution >= 4 is 33.2 Å². The number of nitrogens with two attached hydrogens (primary N) is 2. The maximum Gasteiger partial charge on any atom is 0.261 e. The highest BCUT2D eigenvalue weighted by molar-refractivity contribution is 7.92. The minimum Gasteiger partial charge on any atom is -0.368 e. The lowest BCUT2D eigenvalue weighted by Crippen LogP contribution is -2.38. The summed E-state index contributed by atoms with van der Waals surface area (Å²) in [5, 5.41) is 0.510. The minimum absolute atomic E-state index is 0.0784. The Morgan fingerprint density at radius 2 is 1.83 bits per heavy atom. The predicted octanol–water partition coefficient (Wildman–Crippen LogP) is 1.80. The first kappa shape index (κ1) is 18.3. The van der Waals surface area contributed by atoms with Gasteiger partial charge in [0.15, 0.2) is 0 Å². The van der Waals surface area contributed by atoms with Crippen molar-refractivity contribution < 1.29 is 13.2 Å². The molecule has 0 radical (unpaired) electrons. The summed E-state index contributed by atoms with van der Waals surface area (Å²) >= 11 is 5.79. The van der Waals surface area contributed by atoms with Crippen molar-refractivity contribution in [3.05, 3.63) is 58.6 Å². The van der Waals surface area contributed by atoms with Crippen LogP contribution < -0.4 is 16.2 Å². The van der Waals surface area contributed by atoms with Crippen molar-refractivity contribution in [2.24, 2.45) is 11.5 Å². The van der Waals surface area contributed by atoms with Gasteiger partial charge < -0.3 is 11.5 Å². The maximum absolute atomic E-state index is 12.5. The molecule has 0 saturated heterocycles. The molecule has 2 aromatic rings. The Morgan fingerprint density at radius 1 is 1.21 bits per heavy atom. The fourth-order valence-electron chi connectivity index (χ4n) is 2.10. The van der Waals surface area contributed by atoms with Gasteiger partial charge in [0.1, 0.15) is 0 Å². The first-order valence-electron chi connectivity index (χ1n) is 7.12. The highest BCUT2D eigenvalue weighted by atomic mass is 35.5. The zero-order valence-corrected chi connectivity index (χ0v) is 14.6. The predicted molar refractivity (Wildman–Crippen MR) is 94.3 cm³/mol. The Balaban J connectivity index is 2.30. The van der Waals surface area contributed by atoms with E-state index in [1.165, 1.54) is 12.1 Å². The average Bonchev–Trinajstić information content (AvgIpc) is 2.51. The minimum atomic E-state index is -3.77. The zero-order chi connectivity index (χ0) is 17.9. The average molecular weight is 368 g/mol. The summed E-state index contributed by atoms with van der Waals surface area (Å²) in [5.41, 5.74) is 12.7. The molecule has 0 spiro atoms. The third-order valence-corrected chi connectivity index (χ3v) is 5.16. The number of nitrogens with one attached hydrogen (secondary N) is 1. The number of sulfonamides is 1. The Bertz CT molecular complexity index is 851. The number of primary amides is 1. The van der Waals surface area contributed by atoms with Gasteiger partial charge in [-0.25, -0.2) is 8.42 Å². The molecule has 0 fully saturated rings. The molecular weight excluding hydrogens is 350 g/mol. The lowest BCUT2D eigenvalue weighted by Gasteiger charge is -2.13. The largest absolute Gasteiger partial charge is 0.368 e. The maximum atomic E-state index is 12.5. The molecule has 0 heterocycles. The quantitative estimate of drug-likeness (QED) is 0.721. The zero-order valence-electron chi connectivity index (χ0n) is 13.0. The van der Waals surface area contributed by atoms with E-state index in [0.717, 1.165) is 5.56 Å². The van der Waals surface area contributed by atoms with Crippen LogP contribution in [0.3, 0.4) is 0 Å². The van der Waals surface area contributed by atoms with Gasteiger partial charge in [0.2, 0.25) is 5.91 Å². The summed E-state index contributed by atoms with van der Waals surface area (Å²) in [4.78, 5) is 11.2. The third-order valence-electron chi connectivity index (χ3n) is 3.53. The number of hydrogen-bond acceptors (Lipinski definition) is 4. The molecule has 5 N–H and O–H groups in total. The summed E-state index contributed by atoms with van der Waals surface area (Å²) in [6, 6.07) is 10.1. The van der Waals surface area contributed by atoms with E-state index in [9.17, 15) is 13.2 Å². The second kappa shape index (κ2) is 7.21. The number of hydrogen-bond donors (Lipinski definition) is 3. The Labute approximate surface area is 145 Å². The molecule has 6 nitrogen and oxygen atoms in total. The van der Waals surface area contributed by atoms with E-state index in [1.807, 2.05) is 6.92 Å². The van der Waals surface area contributed by atoms with E-state index in [-0.39, 0.29) is 11.3 Å². The summed E-state index contributed by atoms with van der Waals surface area (Å²) in [6.07, 6.45) is 0.172.